The number of rotatable bonds is 3. The van der Waals surface area contributed by atoms with Gasteiger partial charge in [0.15, 0.2) is 0 Å². The van der Waals surface area contributed by atoms with Gasteiger partial charge in [-0.2, -0.15) is 0 Å². The van der Waals surface area contributed by atoms with Crippen molar-refractivity contribution in [2.24, 2.45) is 7.05 Å². The fourth-order valence-corrected chi connectivity index (χ4v) is 4.34. The van der Waals surface area contributed by atoms with Crippen LogP contribution in [-0.4, -0.2) is 19.5 Å². The van der Waals surface area contributed by atoms with Gasteiger partial charge in [0, 0.05) is 41.5 Å². The van der Waals surface area contributed by atoms with E-state index in [-0.39, 0.29) is 0 Å². The Hall–Kier alpha value is -3.79. The smallest absolute Gasteiger partial charge is 0.110 e. The third-order valence-corrected chi connectivity index (χ3v) is 5.96. The van der Waals surface area contributed by atoms with Crippen molar-refractivity contribution < 1.29 is 0 Å². The molecule has 0 bridgehead atoms. The van der Waals surface area contributed by atoms with E-state index in [1.165, 1.54) is 16.3 Å². The molecule has 0 aliphatic rings. The number of benzene rings is 3. The van der Waals surface area contributed by atoms with Crippen LogP contribution in [0.3, 0.4) is 0 Å². The Bertz CT molecular complexity index is 1560. The summed E-state index contributed by atoms with van der Waals surface area (Å²) >= 11 is 0. The molecular formula is C26H20N4. The number of pyridine rings is 2. The van der Waals surface area contributed by atoms with Gasteiger partial charge in [-0.1, -0.05) is 54.6 Å². The Morgan fingerprint density at radius 1 is 0.667 bits per heavy atom. The van der Waals surface area contributed by atoms with Gasteiger partial charge < -0.3 is 4.57 Å². The molecule has 0 N–H and O–H groups in total. The third kappa shape index (κ3) is 2.65. The van der Waals surface area contributed by atoms with Gasteiger partial charge in [-0.15, -0.1) is 0 Å². The fourth-order valence-electron chi connectivity index (χ4n) is 4.34. The van der Waals surface area contributed by atoms with E-state index >= 15 is 0 Å². The number of fused-ring (bicyclic) bond motifs is 6. The number of hydrogen-bond acceptors (Lipinski definition) is 3. The molecule has 3 aromatic heterocycles. The van der Waals surface area contributed by atoms with Crippen molar-refractivity contribution in [3.8, 4) is 0 Å². The lowest BCUT2D eigenvalue weighted by Crippen LogP contribution is -2.02. The highest BCUT2D eigenvalue weighted by molar-refractivity contribution is 6.04. The summed E-state index contributed by atoms with van der Waals surface area (Å²) in [7, 11) is 2.10. The molecule has 0 fully saturated rings. The summed E-state index contributed by atoms with van der Waals surface area (Å²) in [5.41, 5.74) is 5.25. The molecule has 0 spiro atoms. The van der Waals surface area contributed by atoms with Crippen LogP contribution in [0.25, 0.3) is 43.6 Å². The van der Waals surface area contributed by atoms with Crippen LogP contribution in [0.5, 0.6) is 0 Å². The summed E-state index contributed by atoms with van der Waals surface area (Å²) in [4.78, 5) is 14.5. The van der Waals surface area contributed by atoms with Crippen molar-refractivity contribution in [1.82, 2.24) is 19.5 Å². The lowest BCUT2D eigenvalue weighted by Gasteiger charge is -2.06. The van der Waals surface area contributed by atoms with Crippen molar-refractivity contribution >= 4 is 43.6 Å². The molecule has 4 heteroatoms. The van der Waals surface area contributed by atoms with E-state index < -0.39 is 0 Å². The van der Waals surface area contributed by atoms with Crippen LogP contribution in [0.2, 0.25) is 0 Å². The van der Waals surface area contributed by atoms with Crippen LogP contribution in [0.1, 0.15) is 11.5 Å². The molecule has 0 saturated heterocycles. The second-order valence-electron chi connectivity index (χ2n) is 7.76. The normalized spacial score (nSPS) is 11.8. The van der Waals surface area contributed by atoms with Gasteiger partial charge >= 0.3 is 0 Å². The van der Waals surface area contributed by atoms with E-state index in [0.717, 1.165) is 51.7 Å². The van der Waals surface area contributed by atoms with Gasteiger partial charge in [-0.25, -0.2) is 4.98 Å². The molecule has 3 heterocycles. The standard InChI is InChI=1S/C26H20N4/c1-30-22-14-11-17-5-2-3-7-21(17)26(22)29-23(30)15-13-20-12-10-19-9-8-18-6-4-16-27-24(18)25(19)28-20/h2-12,14,16H,13,15H2,1H3. The fraction of sp³-hybridized carbons (Fsp3) is 0.115. The topological polar surface area (TPSA) is 43.6 Å². The molecule has 3 aromatic carbocycles. The first-order chi connectivity index (χ1) is 14.8. The molecule has 6 rings (SSSR count). The molecule has 0 aliphatic carbocycles. The molecule has 0 radical (unpaired) electrons. The summed E-state index contributed by atoms with van der Waals surface area (Å²) in [5, 5.41) is 4.68. The number of aryl methyl sites for hydroxylation is 3. The summed E-state index contributed by atoms with van der Waals surface area (Å²) in [6.07, 6.45) is 3.52. The van der Waals surface area contributed by atoms with E-state index in [4.69, 9.17) is 9.97 Å². The summed E-state index contributed by atoms with van der Waals surface area (Å²) in [5.74, 6) is 1.08. The Kier molecular flexibility index (Phi) is 3.78. The second kappa shape index (κ2) is 6.63. The monoisotopic (exact) mass is 388 g/mol. The van der Waals surface area contributed by atoms with Gasteiger partial charge in [-0.3, -0.25) is 9.97 Å². The van der Waals surface area contributed by atoms with Crippen LogP contribution < -0.4 is 0 Å². The predicted molar refractivity (Wildman–Crippen MR) is 123 cm³/mol. The average molecular weight is 388 g/mol. The lowest BCUT2D eigenvalue weighted by molar-refractivity contribution is 0.778. The Morgan fingerprint density at radius 3 is 2.37 bits per heavy atom. The van der Waals surface area contributed by atoms with Crippen molar-refractivity contribution in [2.45, 2.75) is 12.8 Å². The predicted octanol–water partition coefficient (Wildman–Crippen LogP) is 5.61. The lowest BCUT2D eigenvalue weighted by atomic mass is 10.1. The highest BCUT2D eigenvalue weighted by Gasteiger charge is 2.11. The highest BCUT2D eigenvalue weighted by Crippen LogP contribution is 2.26. The van der Waals surface area contributed by atoms with Crippen LogP contribution in [0.4, 0.5) is 0 Å². The van der Waals surface area contributed by atoms with E-state index in [9.17, 15) is 0 Å². The van der Waals surface area contributed by atoms with Gasteiger partial charge in [0.25, 0.3) is 0 Å². The SMILES string of the molecule is Cn1c(CCc2ccc3ccc4cccnc4c3n2)nc2c3ccccc3ccc21. The number of aromatic nitrogens is 4. The molecule has 0 atom stereocenters. The first kappa shape index (κ1) is 17.1. The molecule has 6 aromatic rings. The molecule has 0 saturated carbocycles. The zero-order valence-electron chi connectivity index (χ0n) is 16.7. The maximum Gasteiger partial charge on any atom is 0.110 e. The first-order valence-electron chi connectivity index (χ1n) is 10.2. The quantitative estimate of drug-likeness (QED) is 0.370. The minimum atomic E-state index is 0.842. The molecule has 4 nitrogen and oxygen atoms in total. The van der Waals surface area contributed by atoms with Crippen LogP contribution >= 0.6 is 0 Å². The molecule has 0 aliphatic heterocycles. The van der Waals surface area contributed by atoms with E-state index in [1.54, 1.807) is 0 Å². The molecule has 0 amide bonds. The minimum absolute atomic E-state index is 0.842. The highest BCUT2D eigenvalue weighted by atomic mass is 15.1. The number of imidazole rings is 1. The Morgan fingerprint density at radius 2 is 1.43 bits per heavy atom. The van der Waals surface area contributed by atoms with Crippen LogP contribution in [-0.2, 0) is 19.9 Å². The second-order valence-corrected chi connectivity index (χ2v) is 7.76. The van der Waals surface area contributed by atoms with Crippen molar-refractivity contribution in [3.63, 3.8) is 0 Å². The number of hydrogen-bond donors (Lipinski definition) is 0. The van der Waals surface area contributed by atoms with Crippen molar-refractivity contribution in [1.29, 1.82) is 0 Å². The number of nitrogens with zero attached hydrogens (tertiary/aromatic N) is 4. The van der Waals surface area contributed by atoms with Crippen molar-refractivity contribution in [2.75, 3.05) is 0 Å². The summed E-state index contributed by atoms with van der Waals surface area (Å²) < 4.78 is 2.21. The zero-order chi connectivity index (χ0) is 20.1. The third-order valence-electron chi connectivity index (χ3n) is 5.96. The van der Waals surface area contributed by atoms with Crippen LogP contribution in [0.15, 0.2) is 79.0 Å². The first-order valence-corrected chi connectivity index (χ1v) is 10.2. The van der Waals surface area contributed by atoms with Gasteiger partial charge in [-0.05, 0) is 30.0 Å². The molecule has 30 heavy (non-hydrogen) atoms. The van der Waals surface area contributed by atoms with Gasteiger partial charge in [0.1, 0.15) is 5.82 Å². The molecule has 144 valence electrons. The Labute approximate surface area is 173 Å². The summed E-state index contributed by atoms with van der Waals surface area (Å²) in [6, 6.07) is 25.3. The van der Waals surface area contributed by atoms with Gasteiger partial charge in [0.05, 0.1) is 22.1 Å². The maximum absolute atomic E-state index is 4.99. The summed E-state index contributed by atoms with van der Waals surface area (Å²) in [6.45, 7) is 0. The average Bonchev–Trinajstić information content (AvgIpc) is 3.13. The zero-order valence-corrected chi connectivity index (χ0v) is 16.7. The largest absolute Gasteiger partial charge is 0.331 e. The molecule has 0 unspecified atom stereocenters. The van der Waals surface area contributed by atoms with Crippen molar-refractivity contribution in [3.05, 3.63) is 90.5 Å². The van der Waals surface area contributed by atoms with E-state index in [1.807, 2.05) is 12.3 Å². The van der Waals surface area contributed by atoms with E-state index in [2.05, 4.69) is 83.3 Å². The Balaban J connectivity index is 1.38. The minimum Gasteiger partial charge on any atom is -0.331 e. The van der Waals surface area contributed by atoms with E-state index in [0.29, 0.717) is 0 Å². The van der Waals surface area contributed by atoms with Crippen LogP contribution in [0, 0.1) is 0 Å². The maximum atomic E-state index is 4.99. The molecular weight excluding hydrogens is 368 g/mol. The van der Waals surface area contributed by atoms with Gasteiger partial charge in [0.2, 0.25) is 0 Å².